The molecule has 1 aliphatic rings. The van der Waals surface area contributed by atoms with Crippen LogP contribution in [0.15, 0.2) is 54.6 Å². The predicted molar refractivity (Wildman–Crippen MR) is 114 cm³/mol. The number of nitrogens with two attached hydrogens (primary N) is 1. The van der Waals surface area contributed by atoms with E-state index in [0.29, 0.717) is 23.7 Å². The van der Waals surface area contributed by atoms with E-state index < -0.39 is 6.04 Å². The van der Waals surface area contributed by atoms with Crippen molar-refractivity contribution in [1.29, 1.82) is 0 Å². The van der Waals surface area contributed by atoms with E-state index >= 15 is 0 Å². The number of nitrogens with one attached hydrogen (secondary N) is 1. The fourth-order valence-corrected chi connectivity index (χ4v) is 3.49. The van der Waals surface area contributed by atoms with Crippen LogP contribution in [-0.2, 0) is 4.79 Å². The summed E-state index contributed by atoms with van der Waals surface area (Å²) in [5, 5.41) is 3.36. The van der Waals surface area contributed by atoms with Gasteiger partial charge in [0.25, 0.3) is 5.91 Å². The average molecular weight is 422 g/mol. The van der Waals surface area contributed by atoms with Crippen LogP contribution >= 0.6 is 24.0 Å². The van der Waals surface area contributed by atoms with Crippen molar-refractivity contribution in [2.24, 2.45) is 5.73 Å². The van der Waals surface area contributed by atoms with Crippen molar-refractivity contribution >= 4 is 35.8 Å². The maximum Gasteiger partial charge on any atom is 0.253 e. The number of carbonyl (C=O) groups is 2. The Labute approximate surface area is 176 Å². The Morgan fingerprint density at radius 2 is 1.68 bits per heavy atom. The van der Waals surface area contributed by atoms with Crippen LogP contribution in [0, 0.1) is 0 Å². The Morgan fingerprint density at radius 3 is 2.32 bits per heavy atom. The van der Waals surface area contributed by atoms with E-state index in [1.807, 2.05) is 35.2 Å². The summed E-state index contributed by atoms with van der Waals surface area (Å²) < 4.78 is 0. The Balaban J connectivity index is 0.00000280. The minimum atomic E-state index is -0.418. The summed E-state index contributed by atoms with van der Waals surface area (Å²) >= 11 is 6.14. The van der Waals surface area contributed by atoms with Gasteiger partial charge < -0.3 is 16.0 Å². The molecule has 2 amide bonds. The van der Waals surface area contributed by atoms with Crippen LogP contribution in [0.3, 0.4) is 0 Å². The highest BCUT2D eigenvalue weighted by Gasteiger charge is 2.25. The third kappa shape index (κ3) is 5.71. The summed E-state index contributed by atoms with van der Waals surface area (Å²) in [5.74, 6) is -0.266. The molecule has 1 saturated heterocycles. The molecule has 3 N–H and O–H groups in total. The molecule has 2 aromatic carbocycles. The Kier molecular flexibility index (Phi) is 8.30. The first kappa shape index (κ1) is 22.2. The molecule has 1 aliphatic heterocycles. The SMILES string of the molecule is Cl.NC1CCN(C(=O)CC(NC(=O)c2ccccc2Cl)c2ccccc2)CC1. The number of halogens is 2. The lowest BCUT2D eigenvalue weighted by Crippen LogP contribution is -2.44. The highest BCUT2D eigenvalue weighted by molar-refractivity contribution is 6.33. The Bertz CT molecular complexity index is 793. The lowest BCUT2D eigenvalue weighted by Gasteiger charge is -2.31. The van der Waals surface area contributed by atoms with E-state index in [0.717, 1.165) is 18.4 Å². The number of piperidine rings is 1. The monoisotopic (exact) mass is 421 g/mol. The first-order valence-electron chi connectivity index (χ1n) is 9.18. The third-order valence-corrected chi connectivity index (χ3v) is 5.23. The van der Waals surface area contributed by atoms with Crippen molar-refractivity contribution in [2.45, 2.75) is 31.3 Å². The van der Waals surface area contributed by atoms with Gasteiger partial charge in [-0.05, 0) is 30.5 Å². The van der Waals surface area contributed by atoms with E-state index in [2.05, 4.69) is 5.32 Å². The number of rotatable bonds is 5. The summed E-state index contributed by atoms with van der Waals surface area (Å²) in [6, 6.07) is 16.2. The summed E-state index contributed by atoms with van der Waals surface area (Å²) in [6.45, 7) is 1.33. The van der Waals surface area contributed by atoms with Gasteiger partial charge in [0, 0.05) is 19.1 Å². The molecular formula is C21H25Cl2N3O2. The maximum absolute atomic E-state index is 12.8. The van der Waals surface area contributed by atoms with Crippen molar-refractivity contribution in [3.8, 4) is 0 Å². The molecule has 2 aromatic rings. The Morgan fingerprint density at radius 1 is 1.07 bits per heavy atom. The molecule has 3 rings (SSSR count). The van der Waals surface area contributed by atoms with Crippen LogP contribution in [0.5, 0.6) is 0 Å². The average Bonchev–Trinajstić information content (AvgIpc) is 2.69. The fourth-order valence-electron chi connectivity index (χ4n) is 3.27. The smallest absolute Gasteiger partial charge is 0.253 e. The van der Waals surface area contributed by atoms with Gasteiger partial charge >= 0.3 is 0 Å². The van der Waals surface area contributed by atoms with E-state index in [1.165, 1.54) is 0 Å². The zero-order valence-corrected chi connectivity index (χ0v) is 17.1. The molecule has 0 radical (unpaired) electrons. The molecule has 28 heavy (non-hydrogen) atoms. The molecule has 7 heteroatoms. The van der Waals surface area contributed by atoms with Crippen LogP contribution in [0.2, 0.25) is 5.02 Å². The van der Waals surface area contributed by atoms with Gasteiger partial charge in [-0.15, -0.1) is 12.4 Å². The van der Waals surface area contributed by atoms with Gasteiger partial charge in [0.2, 0.25) is 5.91 Å². The summed E-state index contributed by atoms with van der Waals surface area (Å²) in [4.78, 5) is 27.3. The largest absolute Gasteiger partial charge is 0.345 e. The van der Waals surface area contributed by atoms with Crippen molar-refractivity contribution in [3.63, 3.8) is 0 Å². The third-order valence-electron chi connectivity index (χ3n) is 4.90. The number of hydrogen-bond donors (Lipinski definition) is 2. The van der Waals surface area contributed by atoms with Crippen molar-refractivity contribution in [1.82, 2.24) is 10.2 Å². The normalized spacial score (nSPS) is 15.4. The van der Waals surface area contributed by atoms with Gasteiger partial charge in [0.05, 0.1) is 23.0 Å². The van der Waals surface area contributed by atoms with E-state index in [-0.39, 0.29) is 36.7 Å². The molecule has 0 aromatic heterocycles. The molecule has 1 unspecified atom stereocenters. The van der Waals surface area contributed by atoms with Gasteiger partial charge in [-0.3, -0.25) is 9.59 Å². The second-order valence-corrected chi connectivity index (χ2v) is 7.25. The van der Waals surface area contributed by atoms with Gasteiger partial charge in [-0.25, -0.2) is 0 Å². The van der Waals surface area contributed by atoms with Crippen LogP contribution in [0.4, 0.5) is 0 Å². The molecule has 1 heterocycles. The summed E-state index contributed by atoms with van der Waals surface area (Å²) in [7, 11) is 0. The molecule has 0 aliphatic carbocycles. The van der Waals surface area contributed by atoms with Crippen LogP contribution in [0.1, 0.15) is 41.2 Å². The predicted octanol–water partition coefficient (Wildman–Crippen LogP) is 3.57. The molecule has 1 fully saturated rings. The first-order chi connectivity index (χ1) is 13.0. The number of amides is 2. The van der Waals surface area contributed by atoms with Crippen LogP contribution in [-0.4, -0.2) is 35.8 Å². The van der Waals surface area contributed by atoms with Gasteiger partial charge in [-0.2, -0.15) is 0 Å². The Hall–Kier alpha value is -2.08. The zero-order chi connectivity index (χ0) is 19.2. The van der Waals surface area contributed by atoms with E-state index in [9.17, 15) is 9.59 Å². The molecule has 0 bridgehead atoms. The minimum absolute atomic E-state index is 0. The lowest BCUT2D eigenvalue weighted by atomic mass is 10.0. The number of carbonyl (C=O) groups excluding carboxylic acids is 2. The first-order valence-corrected chi connectivity index (χ1v) is 9.56. The van der Waals surface area contributed by atoms with Gasteiger partial charge in [-0.1, -0.05) is 54.1 Å². The van der Waals surface area contributed by atoms with Crippen molar-refractivity contribution in [3.05, 3.63) is 70.7 Å². The minimum Gasteiger partial charge on any atom is -0.345 e. The standard InChI is InChI=1S/C21H24ClN3O2.ClH/c22-18-9-5-4-8-17(18)21(27)24-19(15-6-2-1-3-7-15)14-20(26)25-12-10-16(23)11-13-25;/h1-9,16,19H,10-14,23H2,(H,24,27);1H. The topological polar surface area (TPSA) is 75.4 Å². The maximum atomic E-state index is 12.8. The highest BCUT2D eigenvalue weighted by atomic mass is 35.5. The fraction of sp³-hybridized carbons (Fsp3) is 0.333. The second-order valence-electron chi connectivity index (χ2n) is 6.84. The zero-order valence-electron chi connectivity index (χ0n) is 15.5. The number of nitrogens with zero attached hydrogens (tertiary/aromatic N) is 1. The van der Waals surface area contributed by atoms with E-state index in [1.54, 1.807) is 24.3 Å². The summed E-state index contributed by atoms with van der Waals surface area (Å²) in [6.07, 6.45) is 1.83. The van der Waals surface area contributed by atoms with Gasteiger partial charge in [0.1, 0.15) is 0 Å². The van der Waals surface area contributed by atoms with Crippen molar-refractivity contribution in [2.75, 3.05) is 13.1 Å². The van der Waals surface area contributed by atoms with Crippen LogP contribution in [0.25, 0.3) is 0 Å². The molecule has 5 nitrogen and oxygen atoms in total. The highest BCUT2D eigenvalue weighted by Crippen LogP contribution is 2.22. The summed E-state index contributed by atoms with van der Waals surface area (Å²) in [5.41, 5.74) is 7.21. The van der Waals surface area contributed by atoms with E-state index in [4.69, 9.17) is 17.3 Å². The second kappa shape index (κ2) is 10.5. The quantitative estimate of drug-likeness (QED) is 0.774. The number of hydrogen-bond acceptors (Lipinski definition) is 3. The van der Waals surface area contributed by atoms with Gasteiger partial charge in [0.15, 0.2) is 0 Å². The van der Waals surface area contributed by atoms with Crippen LogP contribution < -0.4 is 11.1 Å². The van der Waals surface area contributed by atoms with Crippen molar-refractivity contribution < 1.29 is 9.59 Å². The molecule has 0 saturated carbocycles. The number of likely N-dealkylation sites (tertiary alicyclic amines) is 1. The molecular weight excluding hydrogens is 397 g/mol. The number of benzene rings is 2. The molecule has 1 atom stereocenters. The molecule has 150 valence electrons. The lowest BCUT2D eigenvalue weighted by molar-refractivity contribution is -0.132. The molecule has 0 spiro atoms.